The summed E-state index contributed by atoms with van der Waals surface area (Å²) in [5.74, 6) is 0.818. The van der Waals surface area contributed by atoms with Gasteiger partial charge in [-0.1, -0.05) is 12.5 Å². The fourth-order valence-corrected chi connectivity index (χ4v) is 4.82. The minimum Gasteiger partial charge on any atom is -0.463 e. The van der Waals surface area contributed by atoms with E-state index in [-0.39, 0.29) is 18.1 Å². The standard InChI is InChI=1S/C23H20O6/c24-21-15-5-7-18-16(10-14-3-1-2-8-23(14,25)29-18)22(15)26-11-17(21)13-4-6-19-20(9-13)28-12-27-19/h4-7,9,11,14,25H,1-3,8,10,12H2. The van der Waals surface area contributed by atoms with Gasteiger partial charge >= 0.3 is 0 Å². The molecule has 0 spiro atoms. The van der Waals surface area contributed by atoms with Gasteiger partial charge in [0.05, 0.1) is 10.9 Å². The number of aliphatic hydroxyl groups is 1. The highest BCUT2D eigenvalue weighted by atomic mass is 16.7. The fraction of sp³-hybridized carbons (Fsp3) is 0.348. The van der Waals surface area contributed by atoms with Crippen molar-refractivity contribution in [3.8, 4) is 28.4 Å². The van der Waals surface area contributed by atoms with Gasteiger partial charge < -0.3 is 23.7 Å². The first kappa shape index (κ1) is 16.9. The van der Waals surface area contributed by atoms with E-state index in [1.54, 1.807) is 24.3 Å². The average Bonchev–Trinajstić information content (AvgIpc) is 3.20. The largest absolute Gasteiger partial charge is 0.463 e. The molecule has 3 aliphatic rings. The van der Waals surface area contributed by atoms with Crippen LogP contribution in [0.4, 0.5) is 0 Å². The zero-order valence-corrected chi connectivity index (χ0v) is 15.8. The van der Waals surface area contributed by atoms with Crippen molar-refractivity contribution >= 4 is 11.0 Å². The Balaban J connectivity index is 1.47. The lowest BCUT2D eigenvalue weighted by Gasteiger charge is -2.43. The van der Waals surface area contributed by atoms with Crippen molar-refractivity contribution in [1.82, 2.24) is 0 Å². The van der Waals surface area contributed by atoms with Gasteiger partial charge in [0.1, 0.15) is 17.6 Å². The molecular weight excluding hydrogens is 372 g/mol. The quantitative estimate of drug-likeness (QED) is 0.674. The third-order valence-corrected chi connectivity index (χ3v) is 6.40. The summed E-state index contributed by atoms with van der Waals surface area (Å²) in [5.41, 5.74) is 2.51. The summed E-state index contributed by atoms with van der Waals surface area (Å²) in [4.78, 5) is 13.2. The number of ether oxygens (including phenoxy) is 3. The molecule has 2 aromatic carbocycles. The molecule has 1 saturated carbocycles. The van der Waals surface area contributed by atoms with Crippen LogP contribution in [0.2, 0.25) is 0 Å². The lowest BCUT2D eigenvalue weighted by Crippen LogP contribution is -2.49. The molecule has 1 aromatic heterocycles. The third kappa shape index (κ3) is 2.48. The van der Waals surface area contributed by atoms with Crippen LogP contribution in [0.1, 0.15) is 31.2 Å². The lowest BCUT2D eigenvalue weighted by atomic mass is 9.77. The van der Waals surface area contributed by atoms with Gasteiger partial charge in [0.15, 0.2) is 11.5 Å². The van der Waals surface area contributed by atoms with E-state index in [0.29, 0.717) is 46.6 Å². The Morgan fingerprint density at radius 1 is 1.03 bits per heavy atom. The molecule has 2 unspecified atom stereocenters. The summed E-state index contributed by atoms with van der Waals surface area (Å²) < 4.78 is 22.7. The summed E-state index contributed by atoms with van der Waals surface area (Å²) >= 11 is 0. The van der Waals surface area contributed by atoms with Crippen molar-refractivity contribution in [2.45, 2.75) is 37.9 Å². The summed E-state index contributed by atoms with van der Waals surface area (Å²) in [6, 6.07) is 8.93. The van der Waals surface area contributed by atoms with Gasteiger partial charge in [-0.3, -0.25) is 4.79 Å². The van der Waals surface area contributed by atoms with Gasteiger partial charge in [0.2, 0.25) is 18.0 Å². The van der Waals surface area contributed by atoms with Crippen molar-refractivity contribution in [3.05, 3.63) is 52.4 Å². The highest BCUT2D eigenvalue weighted by molar-refractivity contribution is 5.86. The first-order valence-corrected chi connectivity index (χ1v) is 10.0. The molecule has 2 atom stereocenters. The molecule has 6 rings (SSSR count). The SMILES string of the molecule is O=c1c(-c2ccc3c(c2)OCO3)coc2c3c(ccc12)OC1(O)CCCCC1C3. The van der Waals surface area contributed by atoms with Gasteiger partial charge in [-0.05, 0) is 49.1 Å². The second-order valence-corrected chi connectivity index (χ2v) is 8.06. The molecule has 0 bridgehead atoms. The van der Waals surface area contributed by atoms with Crippen LogP contribution < -0.4 is 19.6 Å². The predicted molar refractivity (Wildman–Crippen MR) is 105 cm³/mol. The van der Waals surface area contributed by atoms with Gasteiger partial charge in [-0.2, -0.15) is 0 Å². The molecule has 1 fully saturated rings. The van der Waals surface area contributed by atoms with E-state index in [2.05, 4.69) is 0 Å². The molecule has 6 nitrogen and oxygen atoms in total. The Hall–Kier alpha value is -2.99. The number of hydrogen-bond donors (Lipinski definition) is 1. The Labute approximate surface area is 166 Å². The fourth-order valence-electron chi connectivity index (χ4n) is 4.82. The number of fused-ring (bicyclic) bond motifs is 5. The van der Waals surface area contributed by atoms with Crippen LogP contribution >= 0.6 is 0 Å². The second kappa shape index (κ2) is 6.00. The van der Waals surface area contributed by atoms with E-state index < -0.39 is 5.79 Å². The molecule has 29 heavy (non-hydrogen) atoms. The van der Waals surface area contributed by atoms with Gasteiger partial charge in [-0.15, -0.1) is 0 Å². The van der Waals surface area contributed by atoms with E-state index in [1.807, 2.05) is 6.07 Å². The van der Waals surface area contributed by atoms with Crippen molar-refractivity contribution in [3.63, 3.8) is 0 Å². The molecule has 2 aliphatic heterocycles. The Kier molecular flexibility index (Phi) is 3.50. The molecular formula is C23H20O6. The smallest absolute Gasteiger partial charge is 0.231 e. The molecule has 1 aliphatic carbocycles. The van der Waals surface area contributed by atoms with Crippen LogP contribution in [0.15, 0.2) is 45.8 Å². The van der Waals surface area contributed by atoms with E-state index in [1.165, 1.54) is 6.26 Å². The monoisotopic (exact) mass is 392 g/mol. The van der Waals surface area contributed by atoms with Crippen LogP contribution in [0.3, 0.4) is 0 Å². The maximum Gasteiger partial charge on any atom is 0.231 e. The summed E-state index contributed by atoms with van der Waals surface area (Å²) in [7, 11) is 0. The molecule has 148 valence electrons. The van der Waals surface area contributed by atoms with E-state index in [0.717, 1.165) is 30.4 Å². The van der Waals surface area contributed by atoms with Crippen molar-refractivity contribution < 1.29 is 23.7 Å². The summed E-state index contributed by atoms with van der Waals surface area (Å²) in [6.45, 7) is 0.185. The predicted octanol–water partition coefficient (Wildman–Crippen LogP) is 4.00. The van der Waals surface area contributed by atoms with Crippen LogP contribution in [0.5, 0.6) is 17.2 Å². The number of hydrogen-bond acceptors (Lipinski definition) is 6. The molecule has 3 aromatic rings. The van der Waals surface area contributed by atoms with Crippen LogP contribution in [-0.2, 0) is 6.42 Å². The first-order chi connectivity index (χ1) is 14.1. The van der Waals surface area contributed by atoms with Crippen LogP contribution in [-0.4, -0.2) is 17.7 Å². The van der Waals surface area contributed by atoms with Gasteiger partial charge in [0.25, 0.3) is 0 Å². The van der Waals surface area contributed by atoms with Crippen molar-refractivity contribution in [2.24, 2.45) is 5.92 Å². The molecule has 6 heteroatoms. The summed E-state index contributed by atoms with van der Waals surface area (Å²) in [5, 5.41) is 11.4. The first-order valence-electron chi connectivity index (χ1n) is 10.0. The zero-order valence-electron chi connectivity index (χ0n) is 15.8. The normalized spacial score (nSPS) is 24.7. The topological polar surface area (TPSA) is 78.1 Å². The van der Waals surface area contributed by atoms with Crippen molar-refractivity contribution in [1.29, 1.82) is 0 Å². The van der Waals surface area contributed by atoms with Crippen molar-refractivity contribution in [2.75, 3.05) is 6.79 Å². The minimum atomic E-state index is -1.11. The average molecular weight is 392 g/mol. The molecule has 0 radical (unpaired) electrons. The third-order valence-electron chi connectivity index (χ3n) is 6.40. The maximum atomic E-state index is 13.2. The highest BCUT2D eigenvalue weighted by Gasteiger charge is 2.45. The molecule has 1 N–H and O–H groups in total. The molecule has 0 amide bonds. The van der Waals surface area contributed by atoms with E-state index in [9.17, 15) is 9.90 Å². The Bertz CT molecular complexity index is 1200. The van der Waals surface area contributed by atoms with Gasteiger partial charge in [0, 0.05) is 17.9 Å². The molecule has 0 saturated heterocycles. The van der Waals surface area contributed by atoms with E-state index >= 15 is 0 Å². The summed E-state index contributed by atoms with van der Waals surface area (Å²) in [6.07, 6.45) is 5.74. The van der Waals surface area contributed by atoms with E-state index in [4.69, 9.17) is 18.6 Å². The highest BCUT2D eigenvalue weighted by Crippen LogP contribution is 2.45. The Morgan fingerprint density at radius 2 is 1.90 bits per heavy atom. The van der Waals surface area contributed by atoms with Crippen LogP contribution in [0, 0.1) is 5.92 Å². The number of rotatable bonds is 1. The second-order valence-electron chi connectivity index (χ2n) is 8.06. The molecule has 3 heterocycles. The number of benzene rings is 2. The van der Waals surface area contributed by atoms with Crippen LogP contribution in [0.25, 0.3) is 22.1 Å². The van der Waals surface area contributed by atoms with Gasteiger partial charge in [-0.25, -0.2) is 0 Å². The zero-order chi connectivity index (χ0) is 19.6. The maximum absolute atomic E-state index is 13.2. The lowest BCUT2D eigenvalue weighted by molar-refractivity contribution is -0.203. The Morgan fingerprint density at radius 3 is 2.83 bits per heavy atom. The minimum absolute atomic E-state index is 0.0215.